The molecule has 0 spiro atoms. The summed E-state index contributed by atoms with van der Waals surface area (Å²) in [5, 5.41) is 22.6. The van der Waals surface area contributed by atoms with Crippen LogP contribution in [0, 0.1) is 21.4 Å². The van der Waals surface area contributed by atoms with Crippen molar-refractivity contribution in [1.82, 2.24) is 0 Å². The molecule has 6 heteroatoms. The molecule has 0 saturated heterocycles. The van der Waals surface area contributed by atoms with Crippen LogP contribution in [0.3, 0.4) is 0 Å². The smallest absolute Gasteiger partial charge is 0.287 e. The van der Waals surface area contributed by atoms with Crippen molar-refractivity contribution in [3.8, 4) is 6.07 Å². The number of hydrogen-bond donors (Lipinski definition) is 1. The Balaban J connectivity index is 2.15. The summed E-state index contributed by atoms with van der Waals surface area (Å²) in [6.45, 7) is 0.527. The Morgan fingerprint density at radius 2 is 2.28 bits per heavy atom. The van der Waals surface area contributed by atoms with Crippen molar-refractivity contribution < 1.29 is 9.34 Å². The van der Waals surface area contributed by atoms with Crippen LogP contribution >= 0.6 is 0 Å². The third-order valence-electron chi connectivity index (χ3n) is 2.39. The maximum Gasteiger partial charge on any atom is 0.287 e. The van der Waals surface area contributed by atoms with Crippen LogP contribution in [0.15, 0.2) is 41.2 Å². The fourth-order valence-electron chi connectivity index (χ4n) is 1.49. The zero-order valence-corrected chi connectivity index (χ0v) is 9.29. The quantitative estimate of drug-likeness (QED) is 0.658. The molecule has 2 aromatic rings. The molecule has 0 fully saturated rings. The van der Waals surface area contributed by atoms with E-state index < -0.39 is 4.92 Å². The van der Waals surface area contributed by atoms with Gasteiger partial charge in [0.05, 0.1) is 17.4 Å². The molecule has 0 amide bonds. The molecular weight excluding hydrogens is 234 g/mol. The van der Waals surface area contributed by atoms with Crippen LogP contribution in [0.4, 0.5) is 11.4 Å². The van der Waals surface area contributed by atoms with E-state index in [0.717, 1.165) is 5.56 Å². The largest absolute Gasteiger partial charge is 0.472 e. The van der Waals surface area contributed by atoms with Crippen molar-refractivity contribution >= 4 is 11.4 Å². The van der Waals surface area contributed by atoms with Crippen molar-refractivity contribution in [2.75, 3.05) is 5.32 Å². The van der Waals surface area contributed by atoms with Gasteiger partial charge in [-0.25, -0.2) is 0 Å². The van der Waals surface area contributed by atoms with Gasteiger partial charge in [-0.05, 0) is 18.2 Å². The fourth-order valence-corrected chi connectivity index (χ4v) is 1.49. The molecule has 0 aliphatic rings. The van der Waals surface area contributed by atoms with E-state index in [0.29, 0.717) is 12.2 Å². The maximum atomic E-state index is 10.7. The first kappa shape index (κ1) is 11.7. The predicted molar refractivity (Wildman–Crippen MR) is 63.8 cm³/mol. The number of nitro benzene ring substituents is 1. The monoisotopic (exact) mass is 243 g/mol. The van der Waals surface area contributed by atoms with Gasteiger partial charge in [-0.3, -0.25) is 10.1 Å². The summed E-state index contributed by atoms with van der Waals surface area (Å²) < 4.78 is 4.92. The summed E-state index contributed by atoms with van der Waals surface area (Å²) in [4.78, 5) is 10.1. The van der Waals surface area contributed by atoms with Gasteiger partial charge in [-0.2, -0.15) is 5.26 Å². The Kier molecular flexibility index (Phi) is 3.25. The number of anilines is 1. The van der Waals surface area contributed by atoms with Gasteiger partial charge in [0, 0.05) is 23.9 Å². The van der Waals surface area contributed by atoms with Crippen molar-refractivity contribution in [3.05, 3.63) is 58.0 Å². The van der Waals surface area contributed by atoms with E-state index in [-0.39, 0.29) is 11.3 Å². The first-order valence-corrected chi connectivity index (χ1v) is 5.14. The van der Waals surface area contributed by atoms with Gasteiger partial charge in [0.15, 0.2) is 0 Å². The molecular formula is C12H9N3O3. The minimum absolute atomic E-state index is 0.0391. The number of nitrogens with zero attached hydrogens (tertiary/aromatic N) is 2. The summed E-state index contributed by atoms with van der Waals surface area (Å²) in [6, 6.07) is 7.96. The highest BCUT2D eigenvalue weighted by Crippen LogP contribution is 2.22. The molecule has 90 valence electrons. The van der Waals surface area contributed by atoms with Gasteiger partial charge < -0.3 is 9.73 Å². The Labute approximate surface area is 103 Å². The van der Waals surface area contributed by atoms with Gasteiger partial charge in [0.2, 0.25) is 0 Å². The number of furan rings is 1. The van der Waals surface area contributed by atoms with Gasteiger partial charge in [0.25, 0.3) is 5.69 Å². The molecule has 0 radical (unpaired) electrons. The standard InChI is InChI=1S/C12H9N3O3/c13-6-10-5-11(1-2-12(10)15(16)17)14-7-9-3-4-18-8-9/h1-5,8,14H,7H2. The molecule has 0 unspecified atom stereocenters. The number of nitriles is 1. The van der Waals surface area contributed by atoms with E-state index in [9.17, 15) is 10.1 Å². The molecule has 0 aliphatic heterocycles. The van der Waals surface area contributed by atoms with Crippen LogP contribution < -0.4 is 5.32 Å². The van der Waals surface area contributed by atoms with Crippen molar-refractivity contribution in [1.29, 1.82) is 5.26 Å². The minimum atomic E-state index is -0.571. The van der Waals surface area contributed by atoms with Gasteiger partial charge in [-0.1, -0.05) is 0 Å². The molecule has 6 nitrogen and oxygen atoms in total. The molecule has 1 heterocycles. The zero-order valence-electron chi connectivity index (χ0n) is 9.29. The summed E-state index contributed by atoms with van der Waals surface area (Å²) in [5.74, 6) is 0. The van der Waals surface area contributed by atoms with E-state index in [1.165, 1.54) is 12.1 Å². The molecule has 1 aromatic carbocycles. The van der Waals surface area contributed by atoms with Crippen molar-refractivity contribution in [3.63, 3.8) is 0 Å². The molecule has 0 atom stereocenters. The van der Waals surface area contributed by atoms with E-state index in [1.54, 1.807) is 18.6 Å². The number of rotatable bonds is 4. The van der Waals surface area contributed by atoms with Crippen LogP contribution in [0.2, 0.25) is 0 Å². The van der Waals surface area contributed by atoms with Crippen LogP contribution in [-0.2, 0) is 6.54 Å². The van der Waals surface area contributed by atoms with Crippen LogP contribution in [0.5, 0.6) is 0 Å². The average Bonchev–Trinajstić information content (AvgIpc) is 2.88. The summed E-state index contributed by atoms with van der Waals surface area (Å²) in [7, 11) is 0. The van der Waals surface area contributed by atoms with Crippen LogP contribution in [0.25, 0.3) is 0 Å². The number of benzene rings is 1. The maximum absolute atomic E-state index is 10.7. The molecule has 1 aromatic heterocycles. The van der Waals surface area contributed by atoms with Crippen molar-refractivity contribution in [2.45, 2.75) is 6.54 Å². The first-order valence-electron chi connectivity index (χ1n) is 5.14. The lowest BCUT2D eigenvalue weighted by Gasteiger charge is -2.05. The highest BCUT2D eigenvalue weighted by molar-refractivity contribution is 5.58. The lowest BCUT2D eigenvalue weighted by atomic mass is 10.1. The summed E-state index contributed by atoms with van der Waals surface area (Å²) in [5.41, 5.74) is 1.45. The average molecular weight is 243 g/mol. The Morgan fingerprint density at radius 1 is 1.44 bits per heavy atom. The van der Waals surface area contributed by atoms with E-state index in [1.807, 2.05) is 12.1 Å². The van der Waals surface area contributed by atoms with E-state index in [2.05, 4.69) is 5.32 Å². The Morgan fingerprint density at radius 3 is 2.89 bits per heavy atom. The molecule has 0 saturated carbocycles. The molecule has 18 heavy (non-hydrogen) atoms. The van der Waals surface area contributed by atoms with Crippen molar-refractivity contribution in [2.24, 2.45) is 0 Å². The zero-order chi connectivity index (χ0) is 13.0. The molecule has 1 N–H and O–H groups in total. The second kappa shape index (κ2) is 5.01. The molecule has 0 aliphatic carbocycles. The summed E-state index contributed by atoms with van der Waals surface area (Å²) >= 11 is 0. The Hall–Kier alpha value is -2.81. The molecule has 2 rings (SSSR count). The topological polar surface area (TPSA) is 92.1 Å². The predicted octanol–water partition coefficient (Wildman–Crippen LogP) is 2.67. The van der Waals surface area contributed by atoms with Gasteiger partial charge in [0.1, 0.15) is 11.6 Å². The van der Waals surface area contributed by atoms with E-state index >= 15 is 0 Å². The minimum Gasteiger partial charge on any atom is -0.472 e. The van der Waals surface area contributed by atoms with Gasteiger partial charge in [-0.15, -0.1) is 0 Å². The lowest BCUT2D eigenvalue weighted by Crippen LogP contribution is -1.99. The highest BCUT2D eigenvalue weighted by Gasteiger charge is 2.13. The van der Waals surface area contributed by atoms with E-state index in [4.69, 9.17) is 9.68 Å². The summed E-state index contributed by atoms with van der Waals surface area (Å²) in [6.07, 6.45) is 3.16. The second-order valence-electron chi connectivity index (χ2n) is 3.59. The normalized spacial score (nSPS) is 9.72. The highest BCUT2D eigenvalue weighted by atomic mass is 16.6. The number of nitrogens with one attached hydrogen (secondary N) is 1. The lowest BCUT2D eigenvalue weighted by molar-refractivity contribution is -0.385. The van der Waals surface area contributed by atoms with Crippen LogP contribution in [-0.4, -0.2) is 4.92 Å². The number of hydrogen-bond acceptors (Lipinski definition) is 5. The second-order valence-corrected chi connectivity index (χ2v) is 3.59. The first-order chi connectivity index (χ1) is 8.70. The van der Waals surface area contributed by atoms with Crippen LogP contribution in [0.1, 0.15) is 11.1 Å². The Bertz CT molecular complexity index is 600. The number of nitro groups is 1. The third-order valence-corrected chi connectivity index (χ3v) is 2.39. The fraction of sp³-hybridized carbons (Fsp3) is 0.0833. The third kappa shape index (κ3) is 2.47. The molecule has 0 bridgehead atoms. The SMILES string of the molecule is N#Cc1cc(NCc2ccoc2)ccc1[N+](=O)[O-]. The van der Waals surface area contributed by atoms with Gasteiger partial charge >= 0.3 is 0 Å².